The van der Waals surface area contributed by atoms with Gasteiger partial charge < -0.3 is 4.42 Å². The summed E-state index contributed by atoms with van der Waals surface area (Å²) < 4.78 is 6.74. The van der Waals surface area contributed by atoms with Gasteiger partial charge in [-0.15, -0.1) is 0 Å². The predicted molar refractivity (Wildman–Crippen MR) is 207 cm³/mol. The molecule has 0 saturated heterocycles. The molecule has 0 aliphatic carbocycles. The Kier molecular flexibility index (Phi) is 7.45. The predicted octanol–water partition coefficient (Wildman–Crippen LogP) is 8.15. The average molecular weight is 658 g/mol. The van der Waals surface area contributed by atoms with Crippen LogP contribution < -0.4 is 20.7 Å². The molecule has 0 atom stereocenters. The Hall–Kier alpha value is -6.43. The topological polar surface area (TPSA) is 51.8 Å². The van der Waals surface area contributed by atoms with Crippen LogP contribution in [0, 0.1) is 0 Å². The second-order valence-corrected chi connectivity index (χ2v) is 16.2. The van der Waals surface area contributed by atoms with Crippen molar-refractivity contribution in [2.45, 2.75) is 0 Å². The fourth-order valence-electron chi connectivity index (χ4n) is 7.24. The van der Waals surface area contributed by atoms with Crippen LogP contribution in [0.15, 0.2) is 192 Å². The molecule has 50 heavy (non-hydrogen) atoms. The third-order valence-corrected chi connectivity index (χ3v) is 14.2. The molecule has 0 saturated carbocycles. The molecule has 0 aliphatic heterocycles. The quantitative estimate of drug-likeness (QED) is 0.128. The molecule has 4 nitrogen and oxygen atoms in total. The minimum Gasteiger partial charge on any atom is -0.456 e. The van der Waals surface area contributed by atoms with E-state index in [9.17, 15) is 0 Å². The first-order chi connectivity index (χ1) is 24.8. The highest BCUT2D eigenvalue weighted by molar-refractivity contribution is 7.20. The lowest BCUT2D eigenvalue weighted by Gasteiger charge is -2.47. The number of rotatable bonds is 7. The molecule has 0 radical (unpaired) electrons. The maximum absolute atomic E-state index is 6.74. The molecule has 0 amide bonds. The highest BCUT2D eigenvalue weighted by Gasteiger charge is 2.30. The Bertz CT molecular complexity index is 2420. The molecule has 9 rings (SSSR count). The first kappa shape index (κ1) is 29.7. The van der Waals surface area contributed by atoms with Crippen LogP contribution in [-0.4, -0.2) is 23.0 Å². The van der Waals surface area contributed by atoms with E-state index < -0.39 is 8.07 Å². The van der Waals surface area contributed by atoms with Gasteiger partial charge in [0.1, 0.15) is 11.2 Å². The zero-order chi connectivity index (χ0) is 33.3. The summed E-state index contributed by atoms with van der Waals surface area (Å²) in [6, 6.07) is 65.9. The molecule has 2 heterocycles. The molecule has 0 fully saturated rings. The smallest absolute Gasteiger partial charge is 0.164 e. The number of aromatic nitrogens is 3. The Morgan fingerprint density at radius 2 is 0.780 bits per heavy atom. The number of furan rings is 1. The van der Waals surface area contributed by atoms with E-state index in [1.165, 1.54) is 20.7 Å². The number of nitrogens with zero attached hydrogens (tertiary/aromatic N) is 3. The molecule has 237 valence electrons. The Morgan fingerprint density at radius 1 is 0.360 bits per heavy atom. The average Bonchev–Trinajstić information content (AvgIpc) is 3.58. The van der Waals surface area contributed by atoms with E-state index in [4.69, 9.17) is 19.4 Å². The monoisotopic (exact) mass is 657 g/mol. The van der Waals surface area contributed by atoms with Crippen molar-refractivity contribution in [3.63, 3.8) is 0 Å². The first-order valence-corrected chi connectivity index (χ1v) is 18.8. The number of hydrogen-bond donors (Lipinski definition) is 0. The van der Waals surface area contributed by atoms with Crippen LogP contribution in [0.3, 0.4) is 0 Å². The van der Waals surface area contributed by atoms with Gasteiger partial charge in [-0.05, 0) is 20.2 Å². The van der Waals surface area contributed by atoms with Crippen molar-refractivity contribution < 1.29 is 4.42 Å². The largest absolute Gasteiger partial charge is 0.456 e. The number of para-hydroxylation sites is 1. The lowest BCUT2D eigenvalue weighted by molar-refractivity contribution is 0.669. The minimum atomic E-state index is -2.92. The lowest BCUT2D eigenvalue weighted by Crippen LogP contribution is -2.74. The van der Waals surface area contributed by atoms with Crippen LogP contribution in [0.5, 0.6) is 0 Å². The normalized spacial score (nSPS) is 11.6. The Labute approximate surface area is 291 Å². The minimum absolute atomic E-state index is 0.605. The zero-order valence-electron chi connectivity index (χ0n) is 27.1. The molecule has 0 N–H and O–H groups in total. The molecule has 0 unspecified atom stereocenters. The Balaban J connectivity index is 1.43. The lowest BCUT2D eigenvalue weighted by atomic mass is 10.1. The second kappa shape index (κ2) is 12.5. The van der Waals surface area contributed by atoms with Gasteiger partial charge in [-0.25, -0.2) is 15.0 Å². The van der Waals surface area contributed by atoms with Crippen LogP contribution in [0.1, 0.15) is 0 Å². The standard InChI is InChI=1S/C45H31N3OSi/c1-6-18-32(19-7-1)43-46-44(33-20-8-2-9-21-33)48-45(47-43)39-30-37(31-41-42(39)38-28-16-17-29-40(38)49-41)50(34-22-10-3-11-23-34,35-24-12-4-13-25-35)36-26-14-5-15-27-36/h1-31H/q-1. The van der Waals surface area contributed by atoms with Crippen molar-refractivity contribution in [1.82, 2.24) is 15.0 Å². The second-order valence-electron chi connectivity index (χ2n) is 12.4. The summed E-state index contributed by atoms with van der Waals surface area (Å²) in [5.74, 6) is 1.85. The van der Waals surface area contributed by atoms with E-state index in [2.05, 4.69) is 115 Å². The molecular formula is C45H31N3OSi-. The summed E-state index contributed by atoms with van der Waals surface area (Å²) in [5.41, 5.74) is 4.41. The molecule has 9 aromatic rings. The van der Waals surface area contributed by atoms with Crippen molar-refractivity contribution in [2.75, 3.05) is 0 Å². The highest BCUT2D eigenvalue weighted by Crippen LogP contribution is 2.36. The van der Waals surface area contributed by atoms with E-state index in [1.54, 1.807) is 0 Å². The highest BCUT2D eigenvalue weighted by atomic mass is 28.3. The van der Waals surface area contributed by atoms with E-state index >= 15 is 0 Å². The van der Waals surface area contributed by atoms with Gasteiger partial charge in [0.05, 0.1) is 0 Å². The van der Waals surface area contributed by atoms with Gasteiger partial charge in [-0.2, -0.15) is 20.7 Å². The van der Waals surface area contributed by atoms with E-state index in [0.29, 0.717) is 17.5 Å². The Morgan fingerprint density at radius 3 is 1.28 bits per heavy atom. The van der Waals surface area contributed by atoms with Gasteiger partial charge in [-0.3, -0.25) is 0 Å². The fraction of sp³-hybridized carbons (Fsp3) is 0. The van der Waals surface area contributed by atoms with Crippen LogP contribution in [0.2, 0.25) is 0 Å². The zero-order valence-corrected chi connectivity index (χ0v) is 28.1. The maximum Gasteiger partial charge on any atom is 0.164 e. The van der Waals surface area contributed by atoms with Crippen molar-refractivity contribution in [2.24, 2.45) is 0 Å². The van der Waals surface area contributed by atoms with Gasteiger partial charge in [0.15, 0.2) is 17.5 Å². The van der Waals surface area contributed by atoms with Gasteiger partial charge in [0.25, 0.3) is 0 Å². The molecule has 0 bridgehead atoms. The first-order valence-electron chi connectivity index (χ1n) is 16.8. The van der Waals surface area contributed by atoms with Crippen LogP contribution in [0.25, 0.3) is 56.1 Å². The van der Waals surface area contributed by atoms with Crippen LogP contribution >= 0.6 is 0 Å². The summed E-state index contributed by atoms with van der Waals surface area (Å²) in [6.45, 7) is 0. The SMILES string of the molecule is c1ccc(-c2nc(-c3ccccc3)nc(-c3cc([Si-](c4ccccc4)(c4ccccc4)c4ccccc4)cc4oc5ccccc5c34)n2)cc1. The summed E-state index contributed by atoms with van der Waals surface area (Å²) in [7, 11) is -2.92. The maximum atomic E-state index is 6.74. The third-order valence-electron chi connectivity index (χ3n) is 9.47. The van der Waals surface area contributed by atoms with Gasteiger partial charge in [0, 0.05) is 27.5 Å². The van der Waals surface area contributed by atoms with E-state index in [-0.39, 0.29) is 0 Å². The van der Waals surface area contributed by atoms with Gasteiger partial charge in [-0.1, -0.05) is 176 Å². The third kappa shape index (κ3) is 5.03. The van der Waals surface area contributed by atoms with Crippen LogP contribution in [0.4, 0.5) is 0 Å². The fourth-order valence-corrected chi connectivity index (χ4v) is 12.0. The molecule has 0 aliphatic rings. The summed E-state index contributed by atoms with van der Waals surface area (Å²) in [6.07, 6.45) is 0. The number of hydrogen-bond acceptors (Lipinski definition) is 4. The van der Waals surface area contributed by atoms with Gasteiger partial charge >= 0.3 is 0 Å². The van der Waals surface area contributed by atoms with E-state index in [0.717, 1.165) is 38.6 Å². The molecule has 0 spiro atoms. The van der Waals surface area contributed by atoms with E-state index in [1.807, 2.05) is 72.8 Å². The molecule has 7 aromatic carbocycles. The number of fused-ring (bicyclic) bond motifs is 3. The van der Waals surface area contributed by atoms with Crippen molar-refractivity contribution in [3.05, 3.63) is 188 Å². The molecular weight excluding hydrogens is 627 g/mol. The summed E-state index contributed by atoms with van der Waals surface area (Å²) >= 11 is 0. The summed E-state index contributed by atoms with van der Waals surface area (Å²) in [4.78, 5) is 15.5. The number of benzene rings is 7. The molecule has 2 aromatic heterocycles. The summed E-state index contributed by atoms with van der Waals surface area (Å²) in [5, 5.41) is 7.05. The van der Waals surface area contributed by atoms with Crippen LogP contribution in [-0.2, 0) is 0 Å². The van der Waals surface area contributed by atoms with Crippen molar-refractivity contribution in [3.8, 4) is 34.2 Å². The van der Waals surface area contributed by atoms with Crippen molar-refractivity contribution >= 4 is 50.8 Å². The molecule has 5 heteroatoms. The van der Waals surface area contributed by atoms with Crippen molar-refractivity contribution in [1.29, 1.82) is 0 Å². The van der Waals surface area contributed by atoms with Gasteiger partial charge in [0.2, 0.25) is 0 Å².